The molecule has 25 heavy (non-hydrogen) atoms. The quantitative estimate of drug-likeness (QED) is 0.774. The molecule has 1 aromatic heterocycles. The third-order valence-corrected chi connectivity index (χ3v) is 3.96. The zero-order chi connectivity index (χ0) is 18.4. The van der Waals surface area contributed by atoms with Crippen LogP contribution in [-0.2, 0) is 16.1 Å². The molecule has 0 saturated carbocycles. The number of rotatable bonds is 7. The van der Waals surface area contributed by atoms with Gasteiger partial charge in [-0.05, 0) is 26.3 Å². The molecule has 6 heteroatoms. The molecule has 0 aliphatic rings. The van der Waals surface area contributed by atoms with E-state index < -0.39 is 0 Å². The Hall–Kier alpha value is -2.63. The van der Waals surface area contributed by atoms with Gasteiger partial charge in [-0.3, -0.25) is 14.5 Å². The number of hydrogen-bond acceptors (Lipinski definition) is 4. The van der Waals surface area contributed by atoms with Crippen molar-refractivity contribution in [1.29, 1.82) is 0 Å². The van der Waals surface area contributed by atoms with Crippen molar-refractivity contribution in [3.8, 4) is 0 Å². The van der Waals surface area contributed by atoms with Gasteiger partial charge in [0.25, 0.3) is 0 Å². The van der Waals surface area contributed by atoms with Gasteiger partial charge in [0.15, 0.2) is 5.82 Å². The number of amides is 2. The number of benzene rings is 1. The van der Waals surface area contributed by atoms with Crippen LogP contribution >= 0.6 is 0 Å². The van der Waals surface area contributed by atoms with Gasteiger partial charge in [0.05, 0.1) is 0 Å². The first-order valence-corrected chi connectivity index (χ1v) is 8.43. The number of carbonyl (C=O) groups is 2. The van der Waals surface area contributed by atoms with Crippen molar-refractivity contribution in [2.24, 2.45) is 0 Å². The van der Waals surface area contributed by atoms with Gasteiger partial charge < -0.3 is 9.42 Å². The van der Waals surface area contributed by atoms with Gasteiger partial charge in [-0.1, -0.05) is 35.5 Å². The van der Waals surface area contributed by atoms with Crippen LogP contribution < -0.4 is 4.90 Å². The summed E-state index contributed by atoms with van der Waals surface area (Å²) in [6.07, 6.45) is 0.233. The third kappa shape index (κ3) is 5.17. The first-order chi connectivity index (χ1) is 11.9. The van der Waals surface area contributed by atoms with Crippen molar-refractivity contribution in [1.82, 2.24) is 10.1 Å². The minimum Gasteiger partial charge on any atom is -0.360 e. The smallest absolute Gasteiger partial charge is 0.225 e. The van der Waals surface area contributed by atoms with Crippen molar-refractivity contribution >= 4 is 17.6 Å². The Morgan fingerprint density at radius 2 is 1.88 bits per heavy atom. The van der Waals surface area contributed by atoms with Crippen LogP contribution in [0.25, 0.3) is 0 Å². The Bertz CT molecular complexity index is 710. The van der Waals surface area contributed by atoms with Crippen LogP contribution in [0.3, 0.4) is 0 Å². The predicted octanol–water partition coefficient (Wildman–Crippen LogP) is 3.16. The lowest BCUT2D eigenvalue weighted by Gasteiger charge is -2.28. The lowest BCUT2D eigenvalue weighted by atomic mass is 10.1. The Morgan fingerprint density at radius 1 is 1.20 bits per heavy atom. The second-order valence-electron chi connectivity index (χ2n) is 6.32. The fraction of sp³-hybridized carbons (Fsp3) is 0.421. The lowest BCUT2D eigenvalue weighted by molar-refractivity contribution is -0.133. The van der Waals surface area contributed by atoms with E-state index in [9.17, 15) is 9.59 Å². The van der Waals surface area contributed by atoms with Gasteiger partial charge in [0.1, 0.15) is 5.76 Å². The summed E-state index contributed by atoms with van der Waals surface area (Å²) >= 11 is 0. The highest BCUT2D eigenvalue weighted by Crippen LogP contribution is 2.16. The number of hydrogen-bond donors (Lipinski definition) is 0. The lowest BCUT2D eigenvalue weighted by Crippen LogP contribution is -2.39. The zero-order valence-electron chi connectivity index (χ0n) is 15.2. The molecule has 0 radical (unpaired) electrons. The maximum atomic E-state index is 12.7. The van der Waals surface area contributed by atoms with Crippen LogP contribution in [0.5, 0.6) is 0 Å². The van der Waals surface area contributed by atoms with E-state index in [1.54, 1.807) is 13.0 Å². The van der Waals surface area contributed by atoms with Crippen LogP contribution in [0.2, 0.25) is 0 Å². The molecular weight excluding hydrogens is 318 g/mol. The van der Waals surface area contributed by atoms with Crippen molar-refractivity contribution in [2.45, 2.75) is 46.7 Å². The number of carbonyl (C=O) groups excluding carboxylic acids is 2. The molecule has 0 N–H and O–H groups in total. The molecule has 0 spiro atoms. The van der Waals surface area contributed by atoms with Gasteiger partial charge in [0, 0.05) is 38.5 Å². The highest BCUT2D eigenvalue weighted by Gasteiger charge is 2.21. The Morgan fingerprint density at radius 3 is 2.40 bits per heavy atom. The molecule has 6 nitrogen and oxygen atoms in total. The number of aromatic nitrogens is 1. The van der Waals surface area contributed by atoms with E-state index in [1.807, 2.05) is 49.1 Å². The summed E-state index contributed by atoms with van der Waals surface area (Å²) in [5, 5.41) is 3.87. The van der Waals surface area contributed by atoms with Gasteiger partial charge >= 0.3 is 0 Å². The zero-order valence-corrected chi connectivity index (χ0v) is 15.2. The van der Waals surface area contributed by atoms with Crippen molar-refractivity contribution < 1.29 is 14.1 Å². The van der Waals surface area contributed by atoms with Gasteiger partial charge in [0.2, 0.25) is 11.8 Å². The monoisotopic (exact) mass is 343 g/mol. The van der Waals surface area contributed by atoms with Crippen LogP contribution in [0.1, 0.15) is 38.5 Å². The van der Waals surface area contributed by atoms with Crippen molar-refractivity contribution in [2.75, 3.05) is 11.4 Å². The molecule has 0 bridgehead atoms. The third-order valence-electron chi connectivity index (χ3n) is 3.96. The molecule has 0 aliphatic carbocycles. The summed E-state index contributed by atoms with van der Waals surface area (Å²) in [5.41, 5.74) is 1.08. The fourth-order valence-corrected chi connectivity index (χ4v) is 2.60. The highest BCUT2D eigenvalue weighted by molar-refractivity contribution is 5.91. The largest absolute Gasteiger partial charge is 0.360 e. The van der Waals surface area contributed by atoms with E-state index in [1.165, 1.54) is 11.8 Å². The molecule has 2 amide bonds. The predicted molar refractivity (Wildman–Crippen MR) is 96.0 cm³/mol. The van der Waals surface area contributed by atoms with E-state index in [-0.39, 0.29) is 30.8 Å². The van der Waals surface area contributed by atoms with Crippen LogP contribution in [0.15, 0.2) is 40.9 Å². The van der Waals surface area contributed by atoms with E-state index in [0.717, 1.165) is 5.56 Å². The van der Waals surface area contributed by atoms with E-state index in [4.69, 9.17) is 4.52 Å². The molecule has 0 fully saturated rings. The van der Waals surface area contributed by atoms with E-state index >= 15 is 0 Å². The molecule has 1 heterocycles. The maximum Gasteiger partial charge on any atom is 0.225 e. The summed E-state index contributed by atoms with van der Waals surface area (Å²) in [6, 6.07) is 11.6. The fourth-order valence-electron chi connectivity index (χ4n) is 2.60. The summed E-state index contributed by atoms with van der Waals surface area (Å²) in [5.74, 6) is 0.906. The normalized spacial score (nSPS) is 10.8. The van der Waals surface area contributed by atoms with E-state index in [0.29, 0.717) is 18.1 Å². The molecule has 0 saturated heterocycles. The Kier molecular flexibility index (Phi) is 6.33. The molecule has 2 rings (SSSR count). The Labute approximate surface area is 148 Å². The average molecular weight is 343 g/mol. The minimum absolute atomic E-state index is 0.00493. The number of anilines is 1. The average Bonchev–Trinajstić information content (AvgIpc) is 2.99. The number of aryl methyl sites for hydroxylation is 1. The summed E-state index contributed by atoms with van der Waals surface area (Å²) in [6.45, 7) is 8.03. The van der Waals surface area contributed by atoms with E-state index in [2.05, 4.69) is 5.16 Å². The maximum absolute atomic E-state index is 12.7. The molecule has 1 aromatic carbocycles. The van der Waals surface area contributed by atoms with Crippen LogP contribution in [0.4, 0.5) is 5.82 Å². The second kappa shape index (κ2) is 8.46. The summed E-state index contributed by atoms with van der Waals surface area (Å²) in [4.78, 5) is 27.9. The SMILES string of the molecule is CC(=O)N(CCC(=O)N(Cc1ccccc1)C(C)C)c1cc(C)on1. The minimum atomic E-state index is -0.166. The molecule has 2 aromatic rings. The Balaban J connectivity index is 2.03. The highest BCUT2D eigenvalue weighted by atomic mass is 16.5. The molecule has 0 aliphatic heterocycles. The standard InChI is InChI=1S/C19H25N3O3/c1-14(2)22(13-17-8-6-5-7-9-17)19(24)10-11-21(16(4)23)18-12-15(3)25-20-18/h5-9,12,14H,10-11,13H2,1-4H3. The van der Waals surface area contributed by atoms with Crippen LogP contribution in [-0.4, -0.2) is 34.5 Å². The molecule has 0 atom stereocenters. The second-order valence-corrected chi connectivity index (χ2v) is 6.32. The number of nitrogens with zero attached hydrogens (tertiary/aromatic N) is 3. The first kappa shape index (κ1) is 18.7. The molecule has 0 unspecified atom stereocenters. The summed E-state index contributed by atoms with van der Waals surface area (Å²) < 4.78 is 5.03. The van der Waals surface area contributed by atoms with Gasteiger partial charge in [-0.25, -0.2) is 0 Å². The van der Waals surface area contributed by atoms with Crippen LogP contribution in [0, 0.1) is 6.92 Å². The summed E-state index contributed by atoms with van der Waals surface area (Å²) in [7, 11) is 0. The topological polar surface area (TPSA) is 66.7 Å². The molecular formula is C19H25N3O3. The van der Waals surface area contributed by atoms with Crippen molar-refractivity contribution in [3.05, 3.63) is 47.7 Å². The first-order valence-electron chi connectivity index (χ1n) is 8.43. The molecule has 134 valence electrons. The van der Waals surface area contributed by atoms with Gasteiger partial charge in [-0.15, -0.1) is 0 Å². The van der Waals surface area contributed by atoms with Gasteiger partial charge in [-0.2, -0.15) is 0 Å². The van der Waals surface area contributed by atoms with Crippen molar-refractivity contribution in [3.63, 3.8) is 0 Å².